The number of aliphatic hydroxyl groups is 1. The molecular formula is C78H152O17P2. The molecule has 576 valence electrons. The van der Waals surface area contributed by atoms with Crippen LogP contribution in [-0.2, 0) is 65.4 Å². The van der Waals surface area contributed by atoms with Crippen LogP contribution in [0.15, 0.2) is 0 Å². The number of unbranched alkanes of at least 4 members (excludes halogenated alkanes) is 41. The summed E-state index contributed by atoms with van der Waals surface area (Å²) < 4.78 is 68.6. The largest absolute Gasteiger partial charge is 0.472 e. The Morgan fingerprint density at radius 3 is 0.639 bits per heavy atom. The zero-order valence-electron chi connectivity index (χ0n) is 63.7. The summed E-state index contributed by atoms with van der Waals surface area (Å²) in [5.74, 6) is 0.916. The molecule has 0 aliphatic heterocycles. The lowest BCUT2D eigenvalue weighted by atomic mass is 10.0. The van der Waals surface area contributed by atoms with Crippen LogP contribution in [0.5, 0.6) is 0 Å². The molecule has 0 amide bonds. The van der Waals surface area contributed by atoms with Gasteiger partial charge in [0.15, 0.2) is 12.2 Å². The van der Waals surface area contributed by atoms with Gasteiger partial charge in [0.25, 0.3) is 0 Å². The highest BCUT2D eigenvalue weighted by atomic mass is 31.2. The summed E-state index contributed by atoms with van der Waals surface area (Å²) in [7, 11) is -9.92. The molecule has 0 aliphatic carbocycles. The average molecular weight is 1420 g/mol. The van der Waals surface area contributed by atoms with Crippen molar-refractivity contribution in [1.29, 1.82) is 0 Å². The minimum atomic E-state index is -4.96. The maximum atomic E-state index is 13.1. The number of carbonyl (C=O) groups is 4. The van der Waals surface area contributed by atoms with Gasteiger partial charge >= 0.3 is 39.5 Å². The van der Waals surface area contributed by atoms with E-state index in [9.17, 15) is 43.2 Å². The van der Waals surface area contributed by atoms with E-state index in [2.05, 4.69) is 55.4 Å². The fourth-order valence-corrected chi connectivity index (χ4v) is 13.5. The van der Waals surface area contributed by atoms with Crippen molar-refractivity contribution in [3.05, 3.63) is 0 Å². The Morgan fingerprint density at radius 1 is 0.258 bits per heavy atom. The van der Waals surface area contributed by atoms with Crippen LogP contribution in [-0.4, -0.2) is 96.7 Å². The number of phosphoric acid groups is 2. The fraction of sp³-hybridized carbons (Fsp3) is 0.949. The SMILES string of the molecule is CC(C)CCCCCCCCCCCCCCCCCCC(=O)O[C@H](COC(=O)CCCCCCCCCCCCCCC(C)C)COP(=O)(O)OC[C@@H](O)COP(=O)(O)OC[C@@H](COC(=O)CCCCCCCCC(C)C)OC(=O)CCCCCCCCCCCCCC(C)C. The maximum Gasteiger partial charge on any atom is 0.472 e. The van der Waals surface area contributed by atoms with Crippen LogP contribution in [0.4, 0.5) is 0 Å². The molecule has 0 aromatic rings. The zero-order valence-corrected chi connectivity index (χ0v) is 65.5. The van der Waals surface area contributed by atoms with E-state index >= 15 is 0 Å². The third kappa shape index (κ3) is 72.2. The number of hydrogen-bond acceptors (Lipinski definition) is 15. The number of esters is 4. The molecule has 0 saturated heterocycles. The van der Waals surface area contributed by atoms with Crippen molar-refractivity contribution in [3.63, 3.8) is 0 Å². The molecule has 0 bridgehead atoms. The highest BCUT2D eigenvalue weighted by molar-refractivity contribution is 7.47. The van der Waals surface area contributed by atoms with Crippen LogP contribution in [0, 0.1) is 23.7 Å². The lowest BCUT2D eigenvalue weighted by Gasteiger charge is -2.21. The lowest BCUT2D eigenvalue weighted by molar-refractivity contribution is -0.161. The quantitative estimate of drug-likeness (QED) is 0.0222. The summed E-state index contributed by atoms with van der Waals surface area (Å²) in [4.78, 5) is 72.9. The van der Waals surface area contributed by atoms with Crippen molar-refractivity contribution in [2.24, 2.45) is 23.7 Å². The van der Waals surface area contributed by atoms with Gasteiger partial charge in [0, 0.05) is 25.7 Å². The highest BCUT2D eigenvalue weighted by Crippen LogP contribution is 2.45. The second kappa shape index (κ2) is 67.2. The van der Waals surface area contributed by atoms with Crippen molar-refractivity contribution in [2.45, 2.75) is 414 Å². The second-order valence-corrected chi connectivity index (χ2v) is 32.9. The molecule has 3 N–H and O–H groups in total. The smallest absolute Gasteiger partial charge is 0.462 e. The van der Waals surface area contributed by atoms with Crippen LogP contribution >= 0.6 is 15.6 Å². The molecule has 0 heterocycles. The van der Waals surface area contributed by atoms with Gasteiger partial charge in [-0.25, -0.2) is 9.13 Å². The number of hydrogen-bond donors (Lipinski definition) is 3. The third-order valence-electron chi connectivity index (χ3n) is 18.1. The molecular weight excluding hydrogens is 1270 g/mol. The van der Waals surface area contributed by atoms with E-state index in [-0.39, 0.29) is 25.7 Å². The van der Waals surface area contributed by atoms with Gasteiger partial charge in [-0.15, -0.1) is 0 Å². The number of rotatable bonds is 75. The summed E-state index contributed by atoms with van der Waals surface area (Å²) in [5.41, 5.74) is 0. The number of carbonyl (C=O) groups excluding carboxylic acids is 4. The van der Waals surface area contributed by atoms with E-state index in [0.29, 0.717) is 31.6 Å². The molecule has 97 heavy (non-hydrogen) atoms. The van der Waals surface area contributed by atoms with E-state index in [0.717, 1.165) is 114 Å². The Bertz CT molecular complexity index is 1900. The monoisotopic (exact) mass is 1420 g/mol. The predicted molar refractivity (Wildman–Crippen MR) is 395 cm³/mol. The Hall–Kier alpha value is -1.94. The first-order valence-corrected chi connectivity index (χ1v) is 43.2. The zero-order chi connectivity index (χ0) is 71.7. The Kier molecular flexibility index (Phi) is 65.9. The van der Waals surface area contributed by atoms with Crippen LogP contribution < -0.4 is 0 Å². The molecule has 0 rings (SSSR count). The van der Waals surface area contributed by atoms with E-state index in [4.69, 9.17) is 37.0 Å². The molecule has 0 radical (unpaired) electrons. The number of phosphoric ester groups is 2. The predicted octanol–water partition coefficient (Wildman–Crippen LogP) is 22.8. The van der Waals surface area contributed by atoms with Gasteiger partial charge in [-0.1, -0.05) is 344 Å². The molecule has 0 saturated carbocycles. The molecule has 0 aromatic carbocycles. The first kappa shape index (κ1) is 95.1. The van der Waals surface area contributed by atoms with Crippen molar-refractivity contribution in [2.75, 3.05) is 39.6 Å². The Balaban J connectivity index is 5.23. The first-order valence-electron chi connectivity index (χ1n) is 40.2. The third-order valence-corrected chi connectivity index (χ3v) is 20.0. The van der Waals surface area contributed by atoms with Gasteiger partial charge in [0.2, 0.25) is 0 Å². The summed E-state index contributed by atoms with van der Waals surface area (Å²) in [6.07, 6.45) is 52.9. The summed E-state index contributed by atoms with van der Waals surface area (Å²) >= 11 is 0. The first-order chi connectivity index (χ1) is 46.6. The topological polar surface area (TPSA) is 237 Å². The summed E-state index contributed by atoms with van der Waals surface area (Å²) in [6, 6.07) is 0. The number of aliphatic hydroxyl groups excluding tert-OH is 1. The van der Waals surface area contributed by atoms with E-state index < -0.39 is 97.5 Å². The van der Waals surface area contributed by atoms with Crippen molar-refractivity contribution < 1.29 is 80.2 Å². The maximum absolute atomic E-state index is 13.1. The normalized spacial score (nSPS) is 14.1. The Labute approximate surface area is 594 Å². The second-order valence-electron chi connectivity index (χ2n) is 30.0. The van der Waals surface area contributed by atoms with E-state index in [1.165, 1.54) is 193 Å². The highest BCUT2D eigenvalue weighted by Gasteiger charge is 2.30. The summed E-state index contributed by atoms with van der Waals surface area (Å²) in [6.45, 7) is 14.2. The molecule has 0 aromatic heterocycles. The number of ether oxygens (including phenoxy) is 4. The van der Waals surface area contributed by atoms with E-state index in [1.807, 2.05) is 0 Å². The van der Waals surface area contributed by atoms with Crippen molar-refractivity contribution in [3.8, 4) is 0 Å². The molecule has 0 fully saturated rings. The minimum Gasteiger partial charge on any atom is -0.462 e. The standard InChI is InChI=1S/C78H152O17P2/c1-68(2)54-46-38-30-24-18-13-11-9-10-12-14-22-28-34-44-52-60-77(82)94-73(64-88-75(80)58-50-42-33-27-21-16-15-19-25-31-39-47-55-69(3)4)66-92-96(84,85)90-62-72(79)63-91-97(86,87)93-67-74(65-89-76(81)59-51-43-37-36-41-49-57-71(7)8)95-78(83)61-53-45-35-29-23-17-20-26-32-40-48-56-70(5)6/h68-74,79H,9-67H2,1-8H3,(H,84,85)(H,86,87)/t72-,73-,74-/m1/s1. The molecule has 17 nitrogen and oxygen atoms in total. The van der Waals surface area contributed by atoms with Crippen molar-refractivity contribution in [1.82, 2.24) is 0 Å². The van der Waals surface area contributed by atoms with Gasteiger partial charge < -0.3 is 33.8 Å². The van der Waals surface area contributed by atoms with Crippen molar-refractivity contribution >= 4 is 39.5 Å². The molecule has 19 heteroatoms. The van der Waals surface area contributed by atoms with Crippen LogP contribution in [0.2, 0.25) is 0 Å². The van der Waals surface area contributed by atoms with Gasteiger partial charge in [0.05, 0.1) is 26.4 Å². The fourth-order valence-electron chi connectivity index (χ4n) is 11.9. The summed E-state index contributed by atoms with van der Waals surface area (Å²) in [5, 5.41) is 10.6. The lowest BCUT2D eigenvalue weighted by Crippen LogP contribution is -2.30. The molecule has 0 spiro atoms. The van der Waals surface area contributed by atoms with Crippen LogP contribution in [0.1, 0.15) is 396 Å². The molecule has 5 atom stereocenters. The van der Waals surface area contributed by atoms with Gasteiger partial charge in [-0.3, -0.25) is 37.3 Å². The molecule has 2 unspecified atom stereocenters. The van der Waals surface area contributed by atoms with E-state index in [1.54, 1.807) is 0 Å². The van der Waals surface area contributed by atoms with Crippen LogP contribution in [0.3, 0.4) is 0 Å². The average Bonchev–Trinajstić information content (AvgIpc) is 1.19. The Morgan fingerprint density at radius 2 is 0.433 bits per heavy atom. The van der Waals surface area contributed by atoms with Crippen LogP contribution in [0.25, 0.3) is 0 Å². The minimum absolute atomic E-state index is 0.105. The molecule has 0 aliphatic rings. The van der Waals surface area contributed by atoms with Gasteiger partial charge in [-0.2, -0.15) is 0 Å². The van der Waals surface area contributed by atoms with Gasteiger partial charge in [-0.05, 0) is 49.4 Å². The van der Waals surface area contributed by atoms with Gasteiger partial charge in [0.1, 0.15) is 19.3 Å².